The lowest BCUT2D eigenvalue weighted by Crippen LogP contribution is -2.28. The van der Waals surface area contributed by atoms with Gasteiger partial charge in [0.25, 0.3) is 23.3 Å². The van der Waals surface area contributed by atoms with Crippen molar-refractivity contribution in [3.05, 3.63) is 112 Å². The first-order chi connectivity index (χ1) is 21.2. The molecule has 12 heteroatoms. The number of aromatic nitrogens is 4. The summed E-state index contributed by atoms with van der Waals surface area (Å²) in [5, 5.41) is 9.71. The van der Waals surface area contributed by atoms with E-state index < -0.39 is 11.9 Å². The molecule has 0 aliphatic carbocycles. The van der Waals surface area contributed by atoms with Gasteiger partial charge in [0.05, 0.1) is 11.6 Å². The van der Waals surface area contributed by atoms with Crippen molar-refractivity contribution in [1.82, 2.24) is 19.5 Å². The minimum atomic E-state index is -0.501. The number of nitrogens with one attached hydrogen (secondary N) is 2. The molecular formula is C32H29N7O5. The number of benzene rings is 2. The van der Waals surface area contributed by atoms with Crippen molar-refractivity contribution in [2.45, 2.75) is 26.3 Å². The molecule has 222 valence electrons. The quantitative estimate of drug-likeness (QED) is 0.279. The van der Waals surface area contributed by atoms with Crippen LogP contribution in [0.4, 0.5) is 17.2 Å². The van der Waals surface area contributed by atoms with Crippen LogP contribution in [0.1, 0.15) is 61.9 Å². The highest BCUT2D eigenvalue weighted by atomic mass is 16.5. The monoisotopic (exact) mass is 591 g/mol. The van der Waals surface area contributed by atoms with Gasteiger partial charge in [-0.25, -0.2) is 0 Å². The van der Waals surface area contributed by atoms with Crippen molar-refractivity contribution in [2.75, 3.05) is 15.5 Å². The maximum Gasteiger partial charge on any atom is 0.290 e. The molecule has 0 fully saturated rings. The zero-order chi connectivity index (χ0) is 31.1. The number of hydrogen-bond donors (Lipinski definition) is 2. The van der Waals surface area contributed by atoms with Crippen LogP contribution >= 0.6 is 0 Å². The summed E-state index contributed by atoms with van der Waals surface area (Å²) >= 11 is 0. The minimum absolute atomic E-state index is 0.127. The molecule has 1 atom stereocenters. The van der Waals surface area contributed by atoms with E-state index in [9.17, 15) is 19.2 Å². The van der Waals surface area contributed by atoms with Gasteiger partial charge in [0.2, 0.25) is 0 Å². The van der Waals surface area contributed by atoms with Crippen molar-refractivity contribution in [2.24, 2.45) is 14.1 Å². The number of carbonyl (C=O) groups is 3. The molecule has 3 amide bonds. The summed E-state index contributed by atoms with van der Waals surface area (Å²) in [4.78, 5) is 58.6. The van der Waals surface area contributed by atoms with E-state index in [1.807, 2.05) is 6.92 Å². The van der Waals surface area contributed by atoms with Gasteiger partial charge in [-0.3, -0.25) is 28.8 Å². The van der Waals surface area contributed by atoms with Gasteiger partial charge < -0.3 is 20.1 Å². The van der Waals surface area contributed by atoms with E-state index in [1.165, 1.54) is 10.9 Å². The van der Waals surface area contributed by atoms with E-state index in [4.69, 9.17) is 4.52 Å². The number of pyridine rings is 1. The summed E-state index contributed by atoms with van der Waals surface area (Å²) in [5.41, 5.74) is 3.30. The van der Waals surface area contributed by atoms with Gasteiger partial charge in [0.15, 0.2) is 5.82 Å². The molecule has 0 saturated carbocycles. The van der Waals surface area contributed by atoms with Crippen LogP contribution in [0.25, 0.3) is 11.1 Å². The average molecular weight is 592 g/mol. The van der Waals surface area contributed by atoms with Gasteiger partial charge in [-0.15, -0.1) is 0 Å². The molecular weight excluding hydrogens is 562 g/mol. The lowest BCUT2D eigenvalue weighted by molar-refractivity contribution is 0.0988. The number of nitrogens with zero attached hydrogens (tertiary/aromatic N) is 5. The van der Waals surface area contributed by atoms with Crippen LogP contribution in [0.2, 0.25) is 0 Å². The predicted octanol–water partition coefficient (Wildman–Crippen LogP) is 4.70. The Morgan fingerprint density at radius 2 is 1.75 bits per heavy atom. The number of anilines is 3. The highest BCUT2D eigenvalue weighted by molar-refractivity contribution is 6.15. The molecule has 5 aromatic rings. The molecule has 0 radical (unpaired) electrons. The topological polar surface area (TPSA) is 144 Å². The standard InChI is InChI=1S/C32H29N7O5/c1-5-24-27-23(31(42)39(24)22-11-9-19(10-12-22)26-18(2)44-38(4)32(26)43)13-15-33-28(27)30(41)34-21-8-6-7-20(17-21)29(40)35-25-14-16-37(3)36-25/h6-17,24H,5H2,1-4H3,(H,34,41)(H,35,36,40)/t24-/m1/s1. The number of carbonyl (C=O) groups excluding carboxylic acids is 3. The van der Waals surface area contributed by atoms with Crippen molar-refractivity contribution in [3.63, 3.8) is 0 Å². The lowest BCUT2D eigenvalue weighted by atomic mass is 10.00. The Morgan fingerprint density at radius 1 is 0.977 bits per heavy atom. The fourth-order valence-corrected chi connectivity index (χ4v) is 5.58. The molecule has 0 saturated heterocycles. The molecule has 4 heterocycles. The molecule has 3 aromatic heterocycles. The van der Waals surface area contributed by atoms with Gasteiger partial charge in [0.1, 0.15) is 11.5 Å². The average Bonchev–Trinajstić information content (AvgIpc) is 3.64. The third-order valence-electron chi connectivity index (χ3n) is 7.58. The highest BCUT2D eigenvalue weighted by Gasteiger charge is 2.40. The van der Waals surface area contributed by atoms with E-state index in [0.29, 0.717) is 57.2 Å². The number of aryl methyl sites for hydroxylation is 3. The third-order valence-corrected chi connectivity index (χ3v) is 7.58. The van der Waals surface area contributed by atoms with Gasteiger partial charge in [-0.05, 0) is 55.3 Å². The first kappa shape index (κ1) is 28.3. The Bertz CT molecular complexity index is 1990. The van der Waals surface area contributed by atoms with Crippen molar-refractivity contribution in [1.29, 1.82) is 0 Å². The van der Waals surface area contributed by atoms with Crippen LogP contribution in [0.3, 0.4) is 0 Å². The zero-order valence-corrected chi connectivity index (χ0v) is 24.5. The SMILES string of the molecule is CC[C@@H]1c2c(ccnc2C(=O)Nc2cccc(C(=O)Nc3ccn(C)n3)c2)C(=O)N1c1ccc(-c2c(C)on(C)c2=O)cc1. The summed E-state index contributed by atoms with van der Waals surface area (Å²) in [6, 6.07) is 16.5. The highest BCUT2D eigenvalue weighted by Crippen LogP contribution is 2.41. The molecule has 1 aliphatic heterocycles. The third kappa shape index (κ3) is 4.96. The molecule has 0 bridgehead atoms. The smallest absolute Gasteiger partial charge is 0.290 e. The summed E-state index contributed by atoms with van der Waals surface area (Å²) < 4.78 is 8.17. The molecule has 2 aromatic carbocycles. The summed E-state index contributed by atoms with van der Waals surface area (Å²) in [6.07, 6.45) is 3.68. The molecule has 0 spiro atoms. The minimum Gasteiger partial charge on any atom is -0.381 e. The van der Waals surface area contributed by atoms with Crippen LogP contribution in [-0.2, 0) is 14.1 Å². The summed E-state index contributed by atoms with van der Waals surface area (Å²) in [6.45, 7) is 3.66. The van der Waals surface area contributed by atoms with E-state index in [1.54, 1.807) is 97.5 Å². The van der Waals surface area contributed by atoms with E-state index in [2.05, 4.69) is 20.7 Å². The first-order valence-corrected chi connectivity index (χ1v) is 14.0. The maximum absolute atomic E-state index is 13.7. The summed E-state index contributed by atoms with van der Waals surface area (Å²) in [5.74, 6) is -0.215. The number of hydrogen-bond acceptors (Lipinski definition) is 7. The largest absolute Gasteiger partial charge is 0.381 e. The molecule has 44 heavy (non-hydrogen) atoms. The number of rotatable bonds is 7. The molecule has 1 aliphatic rings. The molecule has 2 N–H and O–H groups in total. The number of amides is 3. The predicted molar refractivity (Wildman–Crippen MR) is 164 cm³/mol. The first-order valence-electron chi connectivity index (χ1n) is 14.0. The Morgan fingerprint density at radius 3 is 2.41 bits per heavy atom. The molecule has 12 nitrogen and oxygen atoms in total. The second kappa shape index (κ2) is 11.1. The Kier molecular flexibility index (Phi) is 7.17. The maximum atomic E-state index is 13.7. The van der Waals surface area contributed by atoms with Crippen LogP contribution in [0.15, 0.2) is 82.4 Å². The second-order valence-corrected chi connectivity index (χ2v) is 10.5. The van der Waals surface area contributed by atoms with Gasteiger partial charge in [0, 0.05) is 60.6 Å². The van der Waals surface area contributed by atoms with E-state index >= 15 is 0 Å². The van der Waals surface area contributed by atoms with Gasteiger partial charge in [-0.2, -0.15) is 9.84 Å². The van der Waals surface area contributed by atoms with Crippen LogP contribution in [0, 0.1) is 6.92 Å². The van der Waals surface area contributed by atoms with Crippen LogP contribution < -0.4 is 21.1 Å². The normalized spacial score (nSPS) is 14.0. The van der Waals surface area contributed by atoms with Crippen LogP contribution in [-0.4, -0.2) is 37.2 Å². The van der Waals surface area contributed by atoms with Crippen molar-refractivity contribution >= 4 is 34.9 Å². The van der Waals surface area contributed by atoms with E-state index in [-0.39, 0.29) is 23.1 Å². The Balaban J connectivity index is 1.26. The summed E-state index contributed by atoms with van der Waals surface area (Å²) in [7, 11) is 3.30. The molecule has 6 rings (SSSR count). The van der Waals surface area contributed by atoms with Crippen molar-refractivity contribution < 1.29 is 18.9 Å². The fraction of sp³-hybridized carbons (Fsp3) is 0.188. The number of fused-ring (bicyclic) bond motifs is 1. The van der Waals surface area contributed by atoms with Crippen molar-refractivity contribution in [3.8, 4) is 11.1 Å². The second-order valence-electron chi connectivity index (χ2n) is 10.5. The zero-order valence-electron chi connectivity index (χ0n) is 24.5. The lowest BCUT2D eigenvalue weighted by Gasteiger charge is -2.25. The Labute approximate surface area is 251 Å². The van der Waals surface area contributed by atoms with Gasteiger partial charge in [-0.1, -0.05) is 25.1 Å². The Hall–Kier alpha value is -5.78. The van der Waals surface area contributed by atoms with Gasteiger partial charge >= 0.3 is 0 Å². The fourth-order valence-electron chi connectivity index (χ4n) is 5.58. The van der Waals surface area contributed by atoms with E-state index in [0.717, 1.165) is 0 Å². The molecule has 0 unspecified atom stereocenters. The van der Waals surface area contributed by atoms with Crippen LogP contribution in [0.5, 0.6) is 0 Å².